The van der Waals surface area contributed by atoms with Crippen LogP contribution in [0.4, 0.5) is 0 Å². The topological polar surface area (TPSA) is 58.4 Å². The third-order valence-corrected chi connectivity index (χ3v) is 4.59. The summed E-state index contributed by atoms with van der Waals surface area (Å²) in [5.41, 5.74) is 5.87. The summed E-state index contributed by atoms with van der Waals surface area (Å²) in [7, 11) is 0. The predicted molar refractivity (Wildman–Crippen MR) is 79.9 cm³/mol. The van der Waals surface area contributed by atoms with Crippen molar-refractivity contribution in [2.75, 3.05) is 13.1 Å². The SMILES string of the molecule is CCC(C)NC(=O)C(C)N(CC)C1CCCC1CN. The molecular weight excluding hydrogens is 238 g/mol. The second-order valence-corrected chi connectivity index (χ2v) is 5.82. The molecule has 112 valence electrons. The van der Waals surface area contributed by atoms with Crippen molar-refractivity contribution in [3.8, 4) is 0 Å². The first kappa shape index (κ1) is 16.4. The number of carbonyl (C=O) groups is 1. The van der Waals surface area contributed by atoms with E-state index < -0.39 is 0 Å². The van der Waals surface area contributed by atoms with Crippen molar-refractivity contribution in [1.82, 2.24) is 10.2 Å². The molecule has 4 heteroatoms. The summed E-state index contributed by atoms with van der Waals surface area (Å²) in [6, 6.07) is 0.673. The molecule has 4 nitrogen and oxygen atoms in total. The van der Waals surface area contributed by atoms with Crippen molar-refractivity contribution < 1.29 is 4.79 Å². The third-order valence-electron chi connectivity index (χ3n) is 4.59. The Morgan fingerprint density at radius 3 is 2.58 bits per heavy atom. The molecule has 0 spiro atoms. The summed E-state index contributed by atoms with van der Waals surface area (Å²) < 4.78 is 0. The Kier molecular flexibility index (Phi) is 6.80. The van der Waals surface area contributed by atoms with E-state index in [1.807, 2.05) is 6.92 Å². The van der Waals surface area contributed by atoms with E-state index in [0.717, 1.165) is 19.5 Å². The van der Waals surface area contributed by atoms with Crippen LogP contribution in [-0.4, -0.2) is 42.0 Å². The van der Waals surface area contributed by atoms with Crippen molar-refractivity contribution >= 4 is 5.91 Å². The minimum atomic E-state index is -0.0591. The van der Waals surface area contributed by atoms with E-state index in [2.05, 4.69) is 31.0 Å². The number of carbonyl (C=O) groups excluding carboxylic acids is 1. The van der Waals surface area contributed by atoms with Gasteiger partial charge in [-0.15, -0.1) is 0 Å². The van der Waals surface area contributed by atoms with Gasteiger partial charge in [-0.25, -0.2) is 0 Å². The zero-order valence-corrected chi connectivity index (χ0v) is 13.0. The lowest BCUT2D eigenvalue weighted by Gasteiger charge is -2.36. The van der Waals surface area contributed by atoms with Crippen LogP contribution in [0, 0.1) is 5.92 Å². The van der Waals surface area contributed by atoms with Gasteiger partial charge in [0.1, 0.15) is 0 Å². The maximum absolute atomic E-state index is 12.3. The third kappa shape index (κ3) is 4.18. The molecule has 0 saturated heterocycles. The first-order chi connectivity index (χ1) is 9.04. The highest BCUT2D eigenvalue weighted by molar-refractivity contribution is 5.81. The minimum absolute atomic E-state index is 0.0591. The molecule has 0 aromatic rings. The number of nitrogens with one attached hydrogen (secondary N) is 1. The van der Waals surface area contributed by atoms with Gasteiger partial charge in [-0.05, 0) is 52.1 Å². The van der Waals surface area contributed by atoms with Crippen LogP contribution in [0.25, 0.3) is 0 Å². The molecule has 4 atom stereocenters. The Labute approximate surface area is 118 Å². The molecule has 3 N–H and O–H groups in total. The van der Waals surface area contributed by atoms with Gasteiger partial charge in [-0.1, -0.05) is 20.3 Å². The molecule has 0 heterocycles. The van der Waals surface area contributed by atoms with Gasteiger partial charge in [0.15, 0.2) is 0 Å². The zero-order chi connectivity index (χ0) is 14.4. The number of hydrogen-bond acceptors (Lipinski definition) is 3. The van der Waals surface area contributed by atoms with Gasteiger partial charge < -0.3 is 11.1 Å². The van der Waals surface area contributed by atoms with Crippen LogP contribution < -0.4 is 11.1 Å². The van der Waals surface area contributed by atoms with Crippen LogP contribution in [0.3, 0.4) is 0 Å². The summed E-state index contributed by atoms with van der Waals surface area (Å²) in [6.07, 6.45) is 4.59. The van der Waals surface area contributed by atoms with Crippen LogP contribution in [0.2, 0.25) is 0 Å². The molecule has 19 heavy (non-hydrogen) atoms. The zero-order valence-electron chi connectivity index (χ0n) is 13.0. The first-order valence-electron chi connectivity index (χ1n) is 7.81. The van der Waals surface area contributed by atoms with Crippen molar-refractivity contribution in [2.24, 2.45) is 11.7 Å². The fourth-order valence-electron chi connectivity index (χ4n) is 3.14. The fourth-order valence-corrected chi connectivity index (χ4v) is 3.14. The van der Waals surface area contributed by atoms with Gasteiger partial charge in [0.25, 0.3) is 0 Å². The lowest BCUT2D eigenvalue weighted by atomic mass is 10.0. The van der Waals surface area contributed by atoms with Crippen molar-refractivity contribution in [1.29, 1.82) is 0 Å². The van der Waals surface area contributed by atoms with Gasteiger partial charge >= 0.3 is 0 Å². The maximum atomic E-state index is 12.3. The van der Waals surface area contributed by atoms with E-state index in [0.29, 0.717) is 12.0 Å². The smallest absolute Gasteiger partial charge is 0.237 e. The van der Waals surface area contributed by atoms with Crippen LogP contribution in [0.1, 0.15) is 53.4 Å². The summed E-state index contributed by atoms with van der Waals surface area (Å²) in [5, 5.41) is 3.09. The maximum Gasteiger partial charge on any atom is 0.237 e. The summed E-state index contributed by atoms with van der Waals surface area (Å²) in [4.78, 5) is 14.6. The lowest BCUT2D eigenvalue weighted by Crippen LogP contribution is -2.52. The van der Waals surface area contributed by atoms with Gasteiger partial charge in [0.05, 0.1) is 6.04 Å². The van der Waals surface area contributed by atoms with Gasteiger partial charge in [0, 0.05) is 12.1 Å². The Morgan fingerprint density at radius 1 is 1.37 bits per heavy atom. The average molecular weight is 269 g/mol. The number of nitrogens with two attached hydrogens (primary N) is 1. The predicted octanol–water partition coefficient (Wildman–Crippen LogP) is 1.74. The molecular formula is C15H31N3O. The number of nitrogens with zero attached hydrogens (tertiary/aromatic N) is 1. The molecule has 0 radical (unpaired) electrons. The van der Waals surface area contributed by atoms with Crippen LogP contribution in [0.5, 0.6) is 0 Å². The van der Waals surface area contributed by atoms with Crippen LogP contribution >= 0.6 is 0 Å². The second kappa shape index (κ2) is 7.85. The van der Waals surface area contributed by atoms with E-state index in [9.17, 15) is 4.79 Å². The van der Waals surface area contributed by atoms with Crippen LogP contribution in [-0.2, 0) is 4.79 Å². The number of likely N-dealkylation sites (N-methyl/N-ethyl adjacent to an activating group) is 1. The monoisotopic (exact) mass is 269 g/mol. The highest BCUT2D eigenvalue weighted by Gasteiger charge is 2.34. The quantitative estimate of drug-likeness (QED) is 0.740. The van der Waals surface area contributed by atoms with Crippen molar-refractivity contribution in [3.05, 3.63) is 0 Å². The Bertz CT molecular complexity index is 283. The molecule has 0 aliphatic heterocycles. The molecule has 1 amide bonds. The molecule has 1 aliphatic rings. The highest BCUT2D eigenvalue weighted by Crippen LogP contribution is 2.30. The number of amides is 1. The van der Waals surface area contributed by atoms with Crippen LogP contribution in [0.15, 0.2) is 0 Å². The minimum Gasteiger partial charge on any atom is -0.352 e. The lowest BCUT2D eigenvalue weighted by molar-refractivity contribution is -0.127. The molecule has 4 unspecified atom stereocenters. The molecule has 0 aromatic heterocycles. The normalized spacial score (nSPS) is 26.4. The van der Waals surface area contributed by atoms with E-state index in [4.69, 9.17) is 5.73 Å². The molecule has 0 aromatic carbocycles. The molecule has 1 rings (SSSR count). The summed E-state index contributed by atoms with van der Waals surface area (Å²) in [6.45, 7) is 9.96. The highest BCUT2D eigenvalue weighted by atomic mass is 16.2. The standard InChI is InChI=1S/C15H31N3O/c1-5-11(3)17-15(19)12(4)18(6-2)14-9-7-8-13(14)10-16/h11-14H,5-10,16H2,1-4H3,(H,17,19). The summed E-state index contributed by atoms with van der Waals surface area (Å²) >= 11 is 0. The molecule has 1 fully saturated rings. The Morgan fingerprint density at radius 2 is 2.05 bits per heavy atom. The molecule has 1 aliphatic carbocycles. The van der Waals surface area contributed by atoms with E-state index in [1.165, 1.54) is 19.3 Å². The van der Waals surface area contributed by atoms with Gasteiger partial charge in [0.2, 0.25) is 5.91 Å². The molecule has 1 saturated carbocycles. The van der Waals surface area contributed by atoms with Gasteiger partial charge in [-0.2, -0.15) is 0 Å². The largest absolute Gasteiger partial charge is 0.352 e. The van der Waals surface area contributed by atoms with Crippen molar-refractivity contribution in [2.45, 2.75) is 71.5 Å². The number of hydrogen-bond donors (Lipinski definition) is 2. The van der Waals surface area contributed by atoms with E-state index >= 15 is 0 Å². The Hall–Kier alpha value is -0.610. The Balaban J connectivity index is 2.65. The van der Waals surface area contributed by atoms with E-state index in [1.54, 1.807) is 0 Å². The van der Waals surface area contributed by atoms with Crippen molar-refractivity contribution in [3.63, 3.8) is 0 Å². The summed E-state index contributed by atoms with van der Waals surface area (Å²) in [5.74, 6) is 0.706. The fraction of sp³-hybridized carbons (Fsp3) is 0.933. The van der Waals surface area contributed by atoms with Gasteiger partial charge in [-0.3, -0.25) is 9.69 Å². The average Bonchev–Trinajstić information content (AvgIpc) is 2.87. The number of rotatable bonds is 7. The van der Waals surface area contributed by atoms with E-state index in [-0.39, 0.29) is 18.0 Å². The second-order valence-electron chi connectivity index (χ2n) is 5.82. The first-order valence-corrected chi connectivity index (χ1v) is 7.81. The molecule has 0 bridgehead atoms.